The number of aliphatic carboxylic acids is 1. The molecule has 0 radical (unpaired) electrons. The highest BCUT2D eigenvalue weighted by Gasteiger charge is 2.10. The van der Waals surface area contributed by atoms with Crippen molar-refractivity contribution >= 4 is 30.0 Å². The number of Topliss-reactive ketones (excluding diaryl/α,β-unsaturated/α-hetero) is 1. The molecule has 10 heteroatoms. The molecule has 1 rings (SSSR count). The van der Waals surface area contributed by atoms with Crippen LogP contribution < -0.4 is 10.6 Å². The summed E-state index contributed by atoms with van der Waals surface area (Å²) >= 11 is 0. The number of allylic oxidation sites excluding steroid dienone is 1. The van der Waals surface area contributed by atoms with Crippen molar-refractivity contribution in [2.24, 2.45) is 9.98 Å². The summed E-state index contributed by atoms with van der Waals surface area (Å²) in [7, 11) is 0. The third-order valence-corrected chi connectivity index (χ3v) is 3.38. The molecular formula is C19H21F2N5O3. The van der Waals surface area contributed by atoms with E-state index in [0.29, 0.717) is 5.56 Å². The van der Waals surface area contributed by atoms with Crippen molar-refractivity contribution in [1.29, 1.82) is 5.41 Å². The summed E-state index contributed by atoms with van der Waals surface area (Å²) in [5, 5.41) is 21.5. The van der Waals surface area contributed by atoms with E-state index in [0.717, 1.165) is 12.3 Å². The molecule has 0 aliphatic heterocycles. The summed E-state index contributed by atoms with van der Waals surface area (Å²) < 4.78 is 27.3. The Kier molecular flexibility index (Phi) is 9.75. The van der Waals surface area contributed by atoms with Gasteiger partial charge in [-0.1, -0.05) is 18.2 Å². The summed E-state index contributed by atoms with van der Waals surface area (Å²) in [6.07, 6.45) is 1.90. The van der Waals surface area contributed by atoms with Crippen LogP contribution in [0.15, 0.2) is 58.1 Å². The van der Waals surface area contributed by atoms with Crippen molar-refractivity contribution < 1.29 is 23.5 Å². The number of amidine groups is 1. The average Bonchev–Trinajstić information content (AvgIpc) is 2.66. The standard InChI is InChI=1S/C19H21F2N5O3/c1-12(27)17(25-8-13-5-3-4-6-15(13)21)7-16(22)19(23-2)26-10-14(20)9-24-11-18(28)29/h3-7,10,22,24-25H,2,8-9,11H2,1H3,(H,28,29)/b14-10+,17-7-,22-16?,26-19-. The highest BCUT2D eigenvalue weighted by molar-refractivity contribution is 6.46. The predicted molar refractivity (Wildman–Crippen MR) is 106 cm³/mol. The number of nitrogens with one attached hydrogen (secondary N) is 3. The van der Waals surface area contributed by atoms with Crippen LogP contribution in [-0.4, -0.2) is 48.2 Å². The fraction of sp³-hybridized carbons (Fsp3) is 0.211. The second kappa shape index (κ2) is 12.0. The molecule has 0 bridgehead atoms. The third kappa shape index (κ3) is 8.80. The van der Waals surface area contributed by atoms with Gasteiger partial charge in [-0.3, -0.25) is 15.0 Å². The minimum absolute atomic E-state index is 0.0159. The zero-order valence-electron chi connectivity index (χ0n) is 15.7. The van der Waals surface area contributed by atoms with Gasteiger partial charge < -0.3 is 15.7 Å². The van der Waals surface area contributed by atoms with Crippen molar-refractivity contribution in [1.82, 2.24) is 10.6 Å². The summed E-state index contributed by atoms with van der Waals surface area (Å²) in [4.78, 5) is 29.4. The number of halogens is 2. The van der Waals surface area contributed by atoms with E-state index in [1.54, 1.807) is 18.2 Å². The molecule has 0 atom stereocenters. The minimum atomic E-state index is -1.14. The smallest absolute Gasteiger partial charge is 0.317 e. The van der Waals surface area contributed by atoms with Gasteiger partial charge in [-0.2, -0.15) is 0 Å². The lowest BCUT2D eigenvalue weighted by molar-refractivity contribution is -0.135. The van der Waals surface area contributed by atoms with Gasteiger partial charge in [0.25, 0.3) is 0 Å². The number of carboxylic acids is 1. The van der Waals surface area contributed by atoms with E-state index in [2.05, 4.69) is 27.3 Å². The molecule has 0 unspecified atom stereocenters. The molecule has 154 valence electrons. The summed E-state index contributed by atoms with van der Waals surface area (Å²) in [6, 6.07) is 6.03. The summed E-state index contributed by atoms with van der Waals surface area (Å²) in [5.41, 5.74) is 0.0248. The summed E-state index contributed by atoms with van der Waals surface area (Å²) in [5.74, 6) is -3.03. The quantitative estimate of drug-likeness (QED) is 0.254. The number of benzene rings is 1. The van der Waals surface area contributed by atoms with Gasteiger partial charge in [-0.15, -0.1) is 0 Å². The summed E-state index contributed by atoms with van der Waals surface area (Å²) in [6.45, 7) is 3.74. The number of rotatable bonds is 11. The van der Waals surface area contributed by atoms with Gasteiger partial charge in [-0.25, -0.2) is 18.8 Å². The second-order valence-electron chi connectivity index (χ2n) is 5.66. The zero-order chi connectivity index (χ0) is 21.8. The van der Waals surface area contributed by atoms with E-state index >= 15 is 0 Å². The van der Waals surface area contributed by atoms with Gasteiger partial charge in [0.15, 0.2) is 11.6 Å². The van der Waals surface area contributed by atoms with E-state index in [4.69, 9.17) is 10.5 Å². The molecule has 1 aromatic rings. The maximum atomic E-state index is 13.7. The van der Waals surface area contributed by atoms with Crippen molar-refractivity contribution in [3.8, 4) is 0 Å². The average molecular weight is 405 g/mol. The topological polar surface area (TPSA) is 127 Å². The maximum Gasteiger partial charge on any atom is 0.317 e. The van der Waals surface area contributed by atoms with Gasteiger partial charge in [0.2, 0.25) is 0 Å². The molecule has 0 saturated heterocycles. The molecule has 0 aromatic heterocycles. The van der Waals surface area contributed by atoms with E-state index in [1.807, 2.05) is 0 Å². The second-order valence-corrected chi connectivity index (χ2v) is 5.66. The SMILES string of the molecule is C=N/C(=N\C=C(\F)CNCC(=O)O)C(=N)/C=C(\NCc1ccccc1F)C(C)=O. The van der Waals surface area contributed by atoms with Crippen LogP contribution in [0, 0.1) is 11.2 Å². The fourth-order valence-electron chi connectivity index (χ4n) is 1.98. The Balaban J connectivity index is 2.87. The van der Waals surface area contributed by atoms with Crippen LogP contribution in [0.1, 0.15) is 12.5 Å². The molecule has 0 heterocycles. The number of carbonyl (C=O) groups excluding carboxylic acids is 1. The first kappa shape index (κ1) is 23.5. The molecule has 4 N–H and O–H groups in total. The number of carbonyl (C=O) groups is 2. The largest absolute Gasteiger partial charge is 0.480 e. The lowest BCUT2D eigenvalue weighted by Crippen LogP contribution is -2.23. The van der Waals surface area contributed by atoms with Crippen LogP contribution in [0.25, 0.3) is 0 Å². The van der Waals surface area contributed by atoms with E-state index in [-0.39, 0.29) is 30.3 Å². The van der Waals surface area contributed by atoms with Gasteiger partial charge in [0, 0.05) is 25.6 Å². The van der Waals surface area contributed by atoms with Gasteiger partial charge >= 0.3 is 5.97 Å². The molecule has 29 heavy (non-hydrogen) atoms. The molecule has 8 nitrogen and oxygen atoms in total. The van der Waals surface area contributed by atoms with Crippen molar-refractivity contribution in [3.63, 3.8) is 0 Å². The lowest BCUT2D eigenvalue weighted by atomic mass is 10.2. The Bertz CT molecular complexity index is 878. The number of nitrogens with zero attached hydrogens (tertiary/aromatic N) is 2. The Hall–Kier alpha value is -3.53. The Morgan fingerprint density at radius 1 is 1.31 bits per heavy atom. The normalized spacial score (nSPS) is 12.4. The van der Waals surface area contributed by atoms with Crippen LogP contribution in [0.5, 0.6) is 0 Å². The molecule has 0 saturated carbocycles. The fourth-order valence-corrected chi connectivity index (χ4v) is 1.98. The van der Waals surface area contributed by atoms with Crippen molar-refractivity contribution in [2.45, 2.75) is 13.5 Å². The number of aliphatic imine (C=N–C) groups is 2. The molecule has 1 aromatic carbocycles. The van der Waals surface area contributed by atoms with E-state index in [9.17, 15) is 18.4 Å². The highest BCUT2D eigenvalue weighted by atomic mass is 19.1. The first-order valence-electron chi connectivity index (χ1n) is 8.35. The van der Waals surface area contributed by atoms with Gasteiger partial charge in [-0.05, 0) is 18.9 Å². The lowest BCUT2D eigenvalue weighted by Gasteiger charge is -2.09. The van der Waals surface area contributed by atoms with Crippen LogP contribution in [0.2, 0.25) is 0 Å². The highest BCUT2D eigenvalue weighted by Crippen LogP contribution is 2.07. The Morgan fingerprint density at radius 2 is 2.00 bits per heavy atom. The van der Waals surface area contributed by atoms with E-state index < -0.39 is 29.9 Å². The molecule has 0 amide bonds. The molecule has 0 aliphatic rings. The first-order chi connectivity index (χ1) is 13.7. The predicted octanol–water partition coefficient (Wildman–Crippen LogP) is 1.99. The van der Waals surface area contributed by atoms with Gasteiger partial charge in [0.1, 0.15) is 17.4 Å². The van der Waals surface area contributed by atoms with Crippen LogP contribution >= 0.6 is 0 Å². The molecule has 0 aliphatic carbocycles. The number of carboxylic acid groups (broad SMARTS) is 1. The number of hydrogen-bond donors (Lipinski definition) is 4. The Morgan fingerprint density at radius 3 is 2.59 bits per heavy atom. The minimum Gasteiger partial charge on any atom is -0.480 e. The number of hydrogen-bond acceptors (Lipinski definition) is 6. The van der Waals surface area contributed by atoms with Crippen molar-refractivity contribution in [3.05, 3.63) is 59.4 Å². The number of ketones is 1. The molecule has 0 fully saturated rings. The van der Waals surface area contributed by atoms with Gasteiger partial charge in [0.05, 0.1) is 18.4 Å². The third-order valence-electron chi connectivity index (χ3n) is 3.38. The van der Waals surface area contributed by atoms with E-state index in [1.165, 1.54) is 13.0 Å². The monoisotopic (exact) mass is 405 g/mol. The zero-order valence-corrected chi connectivity index (χ0v) is 15.7. The Labute approximate surface area is 166 Å². The maximum absolute atomic E-state index is 13.7. The van der Waals surface area contributed by atoms with Crippen molar-refractivity contribution in [2.75, 3.05) is 13.1 Å². The molecule has 0 spiro atoms. The van der Waals surface area contributed by atoms with Crippen LogP contribution in [-0.2, 0) is 16.1 Å². The van der Waals surface area contributed by atoms with Crippen LogP contribution in [0.3, 0.4) is 0 Å². The van der Waals surface area contributed by atoms with Crippen LogP contribution in [0.4, 0.5) is 8.78 Å². The molecular weight excluding hydrogens is 384 g/mol. The first-order valence-corrected chi connectivity index (χ1v) is 8.35.